The summed E-state index contributed by atoms with van der Waals surface area (Å²) in [6.07, 6.45) is 0.815. The van der Waals surface area contributed by atoms with Crippen LogP contribution in [-0.2, 0) is 20.7 Å². The van der Waals surface area contributed by atoms with E-state index in [1.165, 1.54) is 0 Å². The molecule has 2 N–H and O–H groups in total. The molecule has 1 aliphatic heterocycles. The van der Waals surface area contributed by atoms with Gasteiger partial charge >= 0.3 is 5.97 Å². The van der Waals surface area contributed by atoms with Crippen LogP contribution in [0.15, 0.2) is 24.3 Å². The van der Waals surface area contributed by atoms with Crippen LogP contribution in [0.3, 0.4) is 0 Å². The van der Waals surface area contributed by atoms with Gasteiger partial charge in [-0.1, -0.05) is 12.1 Å². The molecule has 1 aliphatic rings. The zero-order valence-corrected chi connectivity index (χ0v) is 11.0. The monoisotopic (exact) mass is 262 g/mol. The van der Waals surface area contributed by atoms with E-state index in [4.69, 9.17) is 10.5 Å². The maximum absolute atomic E-state index is 11.7. The first-order chi connectivity index (χ1) is 9.06. The number of amides is 1. The molecule has 0 aromatic heterocycles. The van der Waals surface area contributed by atoms with Gasteiger partial charge in [0.1, 0.15) is 0 Å². The number of hydrogen-bond acceptors (Lipinski definition) is 4. The molecule has 5 heteroatoms. The van der Waals surface area contributed by atoms with Gasteiger partial charge in [0.25, 0.3) is 5.91 Å². The van der Waals surface area contributed by atoms with Crippen LogP contribution in [0.2, 0.25) is 0 Å². The summed E-state index contributed by atoms with van der Waals surface area (Å²) >= 11 is 0. The Bertz CT molecular complexity index is 487. The molecule has 1 heterocycles. The van der Waals surface area contributed by atoms with Crippen molar-refractivity contribution in [1.29, 1.82) is 0 Å². The number of anilines is 1. The Balaban J connectivity index is 1.80. The molecular weight excluding hydrogens is 244 g/mol. The molecule has 1 amide bonds. The van der Waals surface area contributed by atoms with E-state index in [0.717, 1.165) is 5.56 Å². The number of esters is 1. The molecular formula is C14H18N2O3. The lowest BCUT2D eigenvalue weighted by molar-refractivity contribution is -0.155. The summed E-state index contributed by atoms with van der Waals surface area (Å²) in [5.41, 5.74) is 7.34. The first-order valence-corrected chi connectivity index (χ1v) is 6.35. The van der Waals surface area contributed by atoms with Crippen molar-refractivity contribution in [2.24, 2.45) is 0 Å². The van der Waals surface area contributed by atoms with Gasteiger partial charge < -0.3 is 15.4 Å². The number of nitrogen functional groups attached to an aromatic ring is 1. The highest BCUT2D eigenvalue weighted by molar-refractivity contribution is 5.85. The molecule has 1 fully saturated rings. The number of nitrogens with two attached hydrogens (primary N) is 1. The molecule has 0 bridgehead atoms. The van der Waals surface area contributed by atoms with Gasteiger partial charge in [-0.3, -0.25) is 9.59 Å². The highest BCUT2D eigenvalue weighted by Crippen LogP contribution is 2.14. The van der Waals surface area contributed by atoms with Gasteiger partial charge in [-0.05, 0) is 24.1 Å². The summed E-state index contributed by atoms with van der Waals surface area (Å²) in [6, 6.07) is 7.40. The fraction of sp³-hybridized carbons (Fsp3) is 0.429. The van der Waals surface area contributed by atoms with Gasteiger partial charge in [0.15, 0.2) is 6.10 Å². The van der Waals surface area contributed by atoms with E-state index in [9.17, 15) is 9.59 Å². The Kier molecular flexibility index (Phi) is 4.04. The number of carbonyl (C=O) groups excluding carboxylic acids is 2. The van der Waals surface area contributed by atoms with E-state index in [2.05, 4.69) is 0 Å². The SMILES string of the molecule is CN1CCC(OC(=O)CCc2cccc(N)c2)C1=O. The van der Waals surface area contributed by atoms with E-state index >= 15 is 0 Å². The molecule has 1 aromatic carbocycles. The third kappa shape index (κ3) is 3.47. The van der Waals surface area contributed by atoms with Gasteiger partial charge in [-0.15, -0.1) is 0 Å². The van der Waals surface area contributed by atoms with Crippen LogP contribution >= 0.6 is 0 Å². The lowest BCUT2D eigenvalue weighted by Gasteiger charge is -2.11. The van der Waals surface area contributed by atoms with E-state index < -0.39 is 6.10 Å². The number of carbonyl (C=O) groups is 2. The average molecular weight is 262 g/mol. The number of hydrogen-bond donors (Lipinski definition) is 1. The Morgan fingerprint density at radius 1 is 1.53 bits per heavy atom. The fourth-order valence-electron chi connectivity index (χ4n) is 2.11. The number of likely N-dealkylation sites (N-methyl/N-ethyl adjacent to an activating group) is 1. The maximum Gasteiger partial charge on any atom is 0.306 e. The second kappa shape index (κ2) is 5.73. The van der Waals surface area contributed by atoms with E-state index in [1.54, 1.807) is 18.0 Å². The van der Waals surface area contributed by atoms with Gasteiger partial charge in [0.05, 0.1) is 0 Å². The average Bonchev–Trinajstić information content (AvgIpc) is 2.69. The summed E-state index contributed by atoms with van der Waals surface area (Å²) < 4.78 is 5.18. The number of aryl methyl sites for hydroxylation is 1. The molecule has 102 valence electrons. The molecule has 0 saturated carbocycles. The summed E-state index contributed by atoms with van der Waals surface area (Å²) in [4.78, 5) is 24.9. The zero-order valence-electron chi connectivity index (χ0n) is 11.0. The molecule has 1 unspecified atom stereocenters. The Morgan fingerprint density at radius 2 is 2.32 bits per heavy atom. The van der Waals surface area contributed by atoms with Crippen molar-refractivity contribution in [3.05, 3.63) is 29.8 Å². The topological polar surface area (TPSA) is 72.6 Å². The first kappa shape index (κ1) is 13.4. The second-order valence-corrected chi connectivity index (χ2v) is 4.77. The van der Waals surface area contributed by atoms with Crippen molar-refractivity contribution in [2.75, 3.05) is 19.3 Å². The van der Waals surface area contributed by atoms with Crippen molar-refractivity contribution < 1.29 is 14.3 Å². The third-order valence-electron chi connectivity index (χ3n) is 3.22. The standard InChI is InChI=1S/C14H18N2O3/c1-16-8-7-12(14(16)18)19-13(17)6-5-10-3-2-4-11(15)9-10/h2-4,9,12H,5-8,15H2,1H3. The normalized spacial score (nSPS) is 18.7. The predicted molar refractivity (Wildman–Crippen MR) is 71.3 cm³/mol. The molecule has 0 aliphatic carbocycles. The van der Waals surface area contributed by atoms with Crippen LogP contribution in [-0.4, -0.2) is 36.5 Å². The maximum atomic E-state index is 11.7. The van der Waals surface area contributed by atoms with Crippen molar-refractivity contribution in [1.82, 2.24) is 4.90 Å². The third-order valence-corrected chi connectivity index (χ3v) is 3.22. The fourth-order valence-corrected chi connectivity index (χ4v) is 2.11. The number of benzene rings is 1. The summed E-state index contributed by atoms with van der Waals surface area (Å²) in [5, 5.41) is 0. The zero-order chi connectivity index (χ0) is 13.8. The molecule has 0 spiro atoms. The Morgan fingerprint density at radius 3 is 2.95 bits per heavy atom. The minimum absolute atomic E-state index is 0.114. The molecule has 0 radical (unpaired) electrons. The van der Waals surface area contributed by atoms with Gasteiger partial charge in [-0.25, -0.2) is 0 Å². The molecule has 1 aromatic rings. The van der Waals surface area contributed by atoms with Crippen LogP contribution in [0, 0.1) is 0 Å². The van der Waals surface area contributed by atoms with Crippen molar-refractivity contribution >= 4 is 17.6 Å². The van der Waals surface area contributed by atoms with Gasteiger partial charge in [0.2, 0.25) is 0 Å². The largest absolute Gasteiger partial charge is 0.452 e. The quantitative estimate of drug-likeness (QED) is 0.648. The Hall–Kier alpha value is -2.04. The number of nitrogens with zero attached hydrogens (tertiary/aromatic N) is 1. The highest BCUT2D eigenvalue weighted by Gasteiger charge is 2.31. The van der Waals surface area contributed by atoms with Crippen LogP contribution in [0.5, 0.6) is 0 Å². The molecule has 2 rings (SSSR count). The van der Waals surface area contributed by atoms with Crippen LogP contribution < -0.4 is 5.73 Å². The smallest absolute Gasteiger partial charge is 0.306 e. The van der Waals surface area contributed by atoms with Crippen LogP contribution in [0.4, 0.5) is 5.69 Å². The Labute approximate surface area is 112 Å². The predicted octanol–water partition coefficient (Wildman–Crippen LogP) is 0.975. The highest BCUT2D eigenvalue weighted by atomic mass is 16.5. The number of ether oxygens (including phenoxy) is 1. The van der Waals surface area contributed by atoms with Crippen molar-refractivity contribution in [3.8, 4) is 0 Å². The van der Waals surface area contributed by atoms with Crippen molar-refractivity contribution in [3.63, 3.8) is 0 Å². The minimum Gasteiger partial charge on any atom is -0.452 e. The van der Waals surface area contributed by atoms with E-state index in [0.29, 0.717) is 25.1 Å². The van der Waals surface area contributed by atoms with E-state index in [1.807, 2.05) is 18.2 Å². The summed E-state index contributed by atoms with van der Waals surface area (Å²) in [5.74, 6) is -0.451. The van der Waals surface area contributed by atoms with Gasteiger partial charge in [0, 0.05) is 32.1 Å². The minimum atomic E-state index is -0.599. The lowest BCUT2D eigenvalue weighted by atomic mass is 10.1. The summed E-state index contributed by atoms with van der Waals surface area (Å²) in [7, 11) is 1.71. The second-order valence-electron chi connectivity index (χ2n) is 4.77. The summed E-state index contributed by atoms with van der Waals surface area (Å²) in [6.45, 7) is 0.645. The lowest BCUT2D eigenvalue weighted by Crippen LogP contribution is -2.29. The molecule has 1 saturated heterocycles. The van der Waals surface area contributed by atoms with E-state index in [-0.39, 0.29) is 18.3 Å². The molecule has 5 nitrogen and oxygen atoms in total. The van der Waals surface area contributed by atoms with Gasteiger partial charge in [-0.2, -0.15) is 0 Å². The number of likely N-dealkylation sites (tertiary alicyclic amines) is 1. The molecule has 19 heavy (non-hydrogen) atoms. The van der Waals surface area contributed by atoms with Crippen LogP contribution in [0.25, 0.3) is 0 Å². The van der Waals surface area contributed by atoms with Crippen molar-refractivity contribution in [2.45, 2.75) is 25.4 Å². The number of rotatable bonds is 4. The molecule has 1 atom stereocenters. The van der Waals surface area contributed by atoms with Crippen LogP contribution in [0.1, 0.15) is 18.4 Å². The first-order valence-electron chi connectivity index (χ1n) is 6.35.